The Balaban J connectivity index is 0.00000192. The van der Waals surface area contributed by atoms with Gasteiger partial charge in [-0.3, -0.25) is 4.99 Å². The van der Waals surface area contributed by atoms with E-state index in [-0.39, 0.29) is 35.2 Å². The predicted octanol–water partition coefficient (Wildman–Crippen LogP) is 3.54. The van der Waals surface area contributed by atoms with Crippen LogP contribution >= 0.6 is 35.7 Å². The van der Waals surface area contributed by atoms with Gasteiger partial charge >= 0.3 is 0 Å². The minimum Gasteiger partial charge on any atom is -0.356 e. The number of hydrogen-bond donors (Lipinski definition) is 2. The van der Waals surface area contributed by atoms with E-state index in [1.54, 1.807) is 12.1 Å². The summed E-state index contributed by atoms with van der Waals surface area (Å²) in [6.45, 7) is 0.815. The lowest BCUT2D eigenvalue weighted by molar-refractivity contribution is 0.569. The summed E-state index contributed by atoms with van der Waals surface area (Å²) in [5.74, 6) is 3.14. The van der Waals surface area contributed by atoms with Crippen LogP contribution < -0.4 is 10.6 Å². The van der Waals surface area contributed by atoms with Crippen molar-refractivity contribution in [1.82, 2.24) is 10.6 Å². The maximum Gasteiger partial charge on any atom is 0.191 e. The van der Waals surface area contributed by atoms with E-state index in [2.05, 4.69) is 15.6 Å². The molecule has 0 aromatic heterocycles. The molecule has 128 valence electrons. The summed E-state index contributed by atoms with van der Waals surface area (Å²) in [6.07, 6.45) is 4.70. The van der Waals surface area contributed by atoms with Crippen LogP contribution in [0.1, 0.15) is 31.2 Å². The van der Waals surface area contributed by atoms with E-state index in [1.807, 2.05) is 24.9 Å². The van der Waals surface area contributed by atoms with Crippen molar-refractivity contribution in [2.75, 3.05) is 25.1 Å². The third kappa shape index (κ3) is 4.98. The molecule has 0 amide bonds. The molecule has 2 fully saturated rings. The van der Waals surface area contributed by atoms with Crippen molar-refractivity contribution in [3.05, 3.63) is 35.6 Å². The molecule has 2 aliphatic rings. The molecule has 3 rings (SSSR count). The van der Waals surface area contributed by atoms with Crippen molar-refractivity contribution in [3.8, 4) is 0 Å². The fourth-order valence-electron chi connectivity index (χ4n) is 3.03. The van der Waals surface area contributed by atoms with Crippen LogP contribution in [-0.4, -0.2) is 37.1 Å². The van der Waals surface area contributed by atoms with Gasteiger partial charge in [0, 0.05) is 30.8 Å². The minimum absolute atomic E-state index is 0. The third-order valence-electron chi connectivity index (χ3n) is 4.61. The second-order valence-electron chi connectivity index (χ2n) is 6.27. The topological polar surface area (TPSA) is 36.4 Å². The highest BCUT2D eigenvalue weighted by Gasteiger charge is 2.44. The van der Waals surface area contributed by atoms with E-state index in [0.29, 0.717) is 6.04 Å². The highest BCUT2D eigenvalue weighted by Crippen LogP contribution is 2.47. The number of halogens is 2. The Labute approximate surface area is 159 Å². The first-order chi connectivity index (χ1) is 10.7. The quantitative estimate of drug-likeness (QED) is 0.420. The van der Waals surface area contributed by atoms with Crippen LogP contribution in [0.2, 0.25) is 0 Å². The zero-order chi connectivity index (χ0) is 15.4. The van der Waals surface area contributed by atoms with Crippen LogP contribution in [0.15, 0.2) is 29.3 Å². The third-order valence-corrected chi connectivity index (χ3v) is 5.82. The van der Waals surface area contributed by atoms with E-state index < -0.39 is 0 Å². The molecule has 0 spiro atoms. The monoisotopic (exact) mass is 449 g/mol. The Morgan fingerprint density at radius 1 is 1.43 bits per heavy atom. The van der Waals surface area contributed by atoms with Crippen LogP contribution in [-0.2, 0) is 5.41 Å². The Morgan fingerprint density at radius 3 is 2.87 bits per heavy atom. The van der Waals surface area contributed by atoms with E-state index in [9.17, 15) is 4.39 Å². The van der Waals surface area contributed by atoms with Gasteiger partial charge in [-0.1, -0.05) is 12.1 Å². The average Bonchev–Trinajstić information content (AvgIpc) is 3.34. The van der Waals surface area contributed by atoms with Crippen molar-refractivity contribution < 1.29 is 4.39 Å². The van der Waals surface area contributed by atoms with Crippen molar-refractivity contribution in [2.24, 2.45) is 4.99 Å². The highest BCUT2D eigenvalue weighted by atomic mass is 127. The van der Waals surface area contributed by atoms with E-state index in [4.69, 9.17) is 0 Å². The fraction of sp³-hybridized carbons (Fsp3) is 0.588. The molecule has 1 heterocycles. The molecule has 1 saturated carbocycles. The SMILES string of the molecule is CN=C(NCC1(c2cccc(F)c2)CC1)NC1CCCSC1.I. The summed E-state index contributed by atoms with van der Waals surface area (Å²) in [7, 11) is 1.81. The molecule has 6 heteroatoms. The van der Waals surface area contributed by atoms with Gasteiger partial charge in [0.25, 0.3) is 0 Å². The van der Waals surface area contributed by atoms with Gasteiger partial charge in [-0.2, -0.15) is 11.8 Å². The smallest absolute Gasteiger partial charge is 0.191 e. The number of nitrogens with zero attached hydrogens (tertiary/aromatic N) is 1. The molecule has 2 N–H and O–H groups in total. The van der Waals surface area contributed by atoms with Crippen LogP contribution in [0.4, 0.5) is 4.39 Å². The average molecular weight is 449 g/mol. The van der Waals surface area contributed by atoms with Gasteiger partial charge in [-0.05, 0) is 49.1 Å². The van der Waals surface area contributed by atoms with Gasteiger partial charge in [0.2, 0.25) is 0 Å². The molecule has 23 heavy (non-hydrogen) atoms. The second-order valence-corrected chi connectivity index (χ2v) is 7.42. The number of nitrogens with one attached hydrogen (secondary N) is 2. The number of rotatable bonds is 4. The maximum absolute atomic E-state index is 13.4. The first-order valence-electron chi connectivity index (χ1n) is 8.03. The predicted molar refractivity (Wildman–Crippen MR) is 108 cm³/mol. The number of guanidine groups is 1. The molecular formula is C17H25FIN3S. The summed E-state index contributed by atoms with van der Waals surface area (Å²) in [5.41, 5.74) is 1.18. The number of benzene rings is 1. The minimum atomic E-state index is -0.148. The lowest BCUT2D eigenvalue weighted by Gasteiger charge is -2.26. The summed E-state index contributed by atoms with van der Waals surface area (Å²) in [4.78, 5) is 4.34. The van der Waals surface area contributed by atoms with Crippen LogP contribution in [0.3, 0.4) is 0 Å². The first kappa shape index (κ1) is 18.8. The highest BCUT2D eigenvalue weighted by molar-refractivity contribution is 14.0. The lowest BCUT2D eigenvalue weighted by Crippen LogP contribution is -2.47. The Morgan fingerprint density at radius 2 is 2.26 bits per heavy atom. The van der Waals surface area contributed by atoms with Crippen LogP contribution in [0.5, 0.6) is 0 Å². The van der Waals surface area contributed by atoms with E-state index in [1.165, 1.54) is 24.7 Å². The number of thioether (sulfide) groups is 1. The Hall–Kier alpha value is -0.500. The second kappa shape index (κ2) is 8.55. The van der Waals surface area contributed by atoms with Gasteiger partial charge in [-0.25, -0.2) is 4.39 Å². The van der Waals surface area contributed by atoms with Crippen molar-refractivity contribution in [3.63, 3.8) is 0 Å². The molecular weight excluding hydrogens is 424 g/mol. The van der Waals surface area contributed by atoms with E-state index in [0.717, 1.165) is 36.7 Å². The molecule has 1 unspecified atom stereocenters. The lowest BCUT2D eigenvalue weighted by atomic mass is 9.96. The standard InChI is InChI=1S/C17H24FN3S.HI/c1-19-16(21-15-6-3-9-22-11-15)20-12-17(7-8-17)13-4-2-5-14(18)10-13;/h2,4-5,10,15H,3,6-9,11-12H2,1H3,(H2,19,20,21);1H. The van der Waals surface area contributed by atoms with Crippen molar-refractivity contribution >= 4 is 41.7 Å². The van der Waals surface area contributed by atoms with Crippen molar-refractivity contribution in [1.29, 1.82) is 0 Å². The summed E-state index contributed by atoms with van der Waals surface area (Å²) in [5, 5.41) is 6.96. The van der Waals surface area contributed by atoms with Gasteiger partial charge in [0.05, 0.1) is 0 Å². The zero-order valence-electron chi connectivity index (χ0n) is 13.5. The van der Waals surface area contributed by atoms with Gasteiger partial charge in [-0.15, -0.1) is 24.0 Å². The number of aliphatic imine (C=N–C) groups is 1. The Kier molecular flexibility index (Phi) is 7.00. The van der Waals surface area contributed by atoms with Crippen molar-refractivity contribution in [2.45, 2.75) is 37.1 Å². The van der Waals surface area contributed by atoms with Crippen LogP contribution in [0.25, 0.3) is 0 Å². The van der Waals surface area contributed by atoms with Gasteiger partial charge < -0.3 is 10.6 Å². The molecule has 1 saturated heterocycles. The first-order valence-corrected chi connectivity index (χ1v) is 9.18. The van der Waals surface area contributed by atoms with E-state index >= 15 is 0 Å². The maximum atomic E-state index is 13.4. The molecule has 1 atom stereocenters. The van der Waals surface area contributed by atoms with Gasteiger partial charge in [0.1, 0.15) is 5.82 Å². The normalized spacial score (nSPS) is 22.9. The molecule has 0 radical (unpaired) electrons. The zero-order valence-corrected chi connectivity index (χ0v) is 16.6. The van der Waals surface area contributed by atoms with Gasteiger partial charge in [0.15, 0.2) is 5.96 Å². The Bertz CT molecular complexity index is 542. The largest absolute Gasteiger partial charge is 0.356 e. The molecule has 1 aliphatic carbocycles. The van der Waals surface area contributed by atoms with Crippen LogP contribution in [0, 0.1) is 5.82 Å². The fourth-order valence-corrected chi connectivity index (χ4v) is 4.10. The summed E-state index contributed by atoms with van der Waals surface area (Å²) in [6, 6.07) is 7.52. The number of hydrogen-bond acceptors (Lipinski definition) is 2. The molecule has 0 bridgehead atoms. The molecule has 3 nitrogen and oxygen atoms in total. The molecule has 1 aromatic rings. The summed E-state index contributed by atoms with van der Waals surface area (Å²) >= 11 is 2.00. The molecule has 1 aromatic carbocycles. The molecule has 1 aliphatic heterocycles. The summed E-state index contributed by atoms with van der Waals surface area (Å²) < 4.78 is 13.4.